The highest BCUT2D eigenvalue weighted by molar-refractivity contribution is 5.85. The SMILES string of the molecule is Cc1cccc(N2CCN(C(=O)C3CCOc4ccccc43)CC2)c1. The molecule has 1 atom stereocenters. The number of anilines is 1. The summed E-state index contributed by atoms with van der Waals surface area (Å²) in [6.45, 7) is 6.08. The Labute approximate surface area is 149 Å². The Hall–Kier alpha value is -2.49. The number of fused-ring (bicyclic) bond motifs is 1. The minimum absolute atomic E-state index is 0.0598. The molecule has 1 saturated heterocycles. The Kier molecular flexibility index (Phi) is 4.35. The Balaban J connectivity index is 1.44. The van der Waals surface area contributed by atoms with Crippen molar-refractivity contribution in [2.24, 2.45) is 0 Å². The van der Waals surface area contributed by atoms with Crippen molar-refractivity contribution in [1.82, 2.24) is 4.90 Å². The molecular formula is C21H24N2O2. The van der Waals surface area contributed by atoms with E-state index in [0.717, 1.165) is 43.9 Å². The number of amides is 1. The predicted octanol–water partition coefficient (Wildman–Crippen LogP) is 3.21. The van der Waals surface area contributed by atoms with Gasteiger partial charge in [0.15, 0.2) is 0 Å². The zero-order chi connectivity index (χ0) is 17.2. The summed E-state index contributed by atoms with van der Waals surface area (Å²) in [4.78, 5) is 17.5. The lowest BCUT2D eigenvalue weighted by Crippen LogP contribution is -2.50. The summed E-state index contributed by atoms with van der Waals surface area (Å²) in [5.41, 5.74) is 3.57. The quantitative estimate of drug-likeness (QED) is 0.844. The molecule has 1 fully saturated rings. The van der Waals surface area contributed by atoms with E-state index in [4.69, 9.17) is 4.74 Å². The number of nitrogens with zero attached hydrogens (tertiary/aromatic N) is 2. The molecule has 25 heavy (non-hydrogen) atoms. The second-order valence-corrected chi connectivity index (χ2v) is 6.88. The number of piperazine rings is 1. The highest BCUT2D eigenvalue weighted by Gasteiger charge is 2.32. The van der Waals surface area contributed by atoms with Gasteiger partial charge < -0.3 is 14.5 Å². The smallest absolute Gasteiger partial charge is 0.230 e. The van der Waals surface area contributed by atoms with Gasteiger partial charge in [0.1, 0.15) is 5.75 Å². The van der Waals surface area contributed by atoms with Crippen LogP contribution in [0.2, 0.25) is 0 Å². The highest BCUT2D eigenvalue weighted by atomic mass is 16.5. The summed E-state index contributed by atoms with van der Waals surface area (Å²) in [6.07, 6.45) is 0.772. The maximum Gasteiger partial charge on any atom is 0.230 e. The average molecular weight is 336 g/mol. The van der Waals surface area contributed by atoms with E-state index >= 15 is 0 Å². The molecule has 2 heterocycles. The van der Waals surface area contributed by atoms with E-state index in [9.17, 15) is 4.79 Å². The molecule has 1 amide bonds. The van der Waals surface area contributed by atoms with Gasteiger partial charge in [0.05, 0.1) is 12.5 Å². The fourth-order valence-electron chi connectivity index (χ4n) is 3.83. The lowest BCUT2D eigenvalue weighted by molar-refractivity contribution is -0.133. The molecular weight excluding hydrogens is 312 g/mol. The summed E-state index contributed by atoms with van der Waals surface area (Å²) in [5.74, 6) is 1.06. The molecule has 4 nitrogen and oxygen atoms in total. The van der Waals surface area contributed by atoms with Crippen LogP contribution in [0.3, 0.4) is 0 Å². The summed E-state index contributed by atoms with van der Waals surface area (Å²) >= 11 is 0. The predicted molar refractivity (Wildman–Crippen MR) is 99.3 cm³/mol. The second-order valence-electron chi connectivity index (χ2n) is 6.88. The number of carbonyl (C=O) groups is 1. The van der Waals surface area contributed by atoms with Gasteiger partial charge in [-0.1, -0.05) is 30.3 Å². The molecule has 0 aromatic heterocycles. The molecule has 130 valence electrons. The van der Waals surface area contributed by atoms with Crippen LogP contribution in [0.25, 0.3) is 0 Å². The maximum absolute atomic E-state index is 13.1. The molecule has 0 spiro atoms. The Morgan fingerprint density at radius 2 is 1.84 bits per heavy atom. The molecule has 2 aromatic carbocycles. The fraction of sp³-hybridized carbons (Fsp3) is 0.381. The van der Waals surface area contributed by atoms with E-state index in [2.05, 4.69) is 36.1 Å². The topological polar surface area (TPSA) is 32.8 Å². The van der Waals surface area contributed by atoms with E-state index in [1.54, 1.807) is 0 Å². The van der Waals surface area contributed by atoms with Crippen molar-refractivity contribution in [2.75, 3.05) is 37.7 Å². The van der Waals surface area contributed by atoms with Crippen molar-refractivity contribution in [2.45, 2.75) is 19.3 Å². The van der Waals surface area contributed by atoms with Gasteiger partial charge in [0, 0.05) is 37.4 Å². The minimum atomic E-state index is -0.0598. The molecule has 0 saturated carbocycles. The van der Waals surface area contributed by atoms with Crippen LogP contribution in [0.15, 0.2) is 48.5 Å². The molecule has 0 radical (unpaired) electrons. The number of aryl methyl sites for hydroxylation is 1. The van der Waals surface area contributed by atoms with E-state index in [1.165, 1.54) is 11.3 Å². The first kappa shape index (κ1) is 16.0. The van der Waals surface area contributed by atoms with Crippen LogP contribution in [-0.4, -0.2) is 43.6 Å². The molecule has 2 aromatic rings. The summed E-state index contributed by atoms with van der Waals surface area (Å²) < 4.78 is 5.70. The first-order chi connectivity index (χ1) is 12.2. The number of para-hydroxylation sites is 1. The van der Waals surface area contributed by atoms with Crippen LogP contribution in [0.1, 0.15) is 23.5 Å². The van der Waals surface area contributed by atoms with Crippen LogP contribution in [0.4, 0.5) is 5.69 Å². The van der Waals surface area contributed by atoms with Crippen molar-refractivity contribution in [3.63, 3.8) is 0 Å². The summed E-state index contributed by atoms with van der Waals surface area (Å²) in [5, 5.41) is 0. The number of rotatable bonds is 2. The van der Waals surface area contributed by atoms with Gasteiger partial charge in [0.25, 0.3) is 0 Å². The van der Waals surface area contributed by atoms with Gasteiger partial charge in [0.2, 0.25) is 5.91 Å². The van der Waals surface area contributed by atoms with Gasteiger partial charge in [-0.25, -0.2) is 0 Å². The van der Waals surface area contributed by atoms with Gasteiger partial charge in [-0.2, -0.15) is 0 Å². The zero-order valence-corrected chi connectivity index (χ0v) is 14.6. The highest BCUT2D eigenvalue weighted by Crippen LogP contribution is 2.34. The van der Waals surface area contributed by atoms with Gasteiger partial charge in [-0.3, -0.25) is 4.79 Å². The van der Waals surface area contributed by atoms with Crippen molar-refractivity contribution in [3.8, 4) is 5.75 Å². The normalized spacial score (nSPS) is 20.0. The molecule has 0 aliphatic carbocycles. The standard InChI is InChI=1S/C21H24N2O2/c1-16-5-4-6-17(15-16)22-10-12-23(13-11-22)21(24)19-9-14-25-20-8-3-2-7-18(19)20/h2-8,15,19H,9-14H2,1H3. The number of hydrogen-bond acceptors (Lipinski definition) is 3. The number of benzene rings is 2. The summed E-state index contributed by atoms with van der Waals surface area (Å²) in [6, 6.07) is 16.5. The minimum Gasteiger partial charge on any atom is -0.493 e. The lowest BCUT2D eigenvalue weighted by atomic mass is 9.91. The molecule has 2 aliphatic heterocycles. The van der Waals surface area contributed by atoms with Crippen LogP contribution in [0.5, 0.6) is 5.75 Å². The van der Waals surface area contributed by atoms with Crippen molar-refractivity contribution >= 4 is 11.6 Å². The Bertz CT molecular complexity index is 766. The van der Waals surface area contributed by atoms with E-state index in [1.807, 2.05) is 29.2 Å². The maximum atomic E-state index is 13.1. The van der Waals surface area contributed by atoms with Crippen LogP contribution in [0, 0.1) is 6.92 Å². The second kappa shape index (κ2) is 6.79. The third-order valence-corrected chi connectivity index (χ3v) is 5.21. The van der Waals surface area contributed by atoms with E-state index in [-0.39, 0.29) is 11.8 Å². The average Bonchev–Trinajstić information content (AvgIpc) is 2.67. The van der Waals surface area contributed by atoms with Gasteiger partial charge >= 0.3 is 0 Å². The lowest BCUT2D eigenvalue weighted by Gasteiger charge is -2.38. The number of carbonyl (C=O) groups excluding carboxylic acids is 1. The van der Waals surface area contributed by atoms with Crippen LogP contribution in [-0.2, 0) is 4.79 Å². The van der Waals surface area contributed by atoms with E-state index in [0.29, 0.717) is 6.61 Å². The first-order valence-electron chi connectivity index (χ1n) is 9.04. The van der Waals surface area contributed by atoms with Crippen LogP contribution >= 0.6 is 0 Å². The molecule has 4 rings (SSSR count). The van der Waals surface area contributed by atoms with Gasteiger partial charge in [-0.05, 0) is 37.1 Å². The third kappa shape index (κ3) is 3.21. The largest absolute Gasteiger partial charge is 0.493 e. The molecule has 0 N–H and O–H groups in total. The van der Waals surface area contributed by atoms with Crippen molar-refractivity contribution in [3.05, 3.63) is 59.7 Å². The molecule has 1 unspecified atom stereocenters. The fourth-order valence-corrected chi connectivity index (χ4v) is 3.83. The van der Waals surface area contributed by atoms with Crippen LogP contribution < -0.4 is 9.64 Å². The molecule has 0 bridgehead atoms. The Morgan fingerprint density at radius 3 is 2.64 bits per heavy atom. The molecule has 4 heteroatoms. The third-order valence-electron chi connectivity index (χ3n) is 5.21. The Morgan fingerprint density at radius 1 is 1.04 bits per heavy atom. The van der Waals surface area contributed by atoms with Crippen molar-refractivity contribution < 1.29 is 9.53 Å². The van der Waals surface area contributed by atoms with Crippen molar-refractivity contribution in [1.29, 1.82) is 0 Å². The van der Waals surface area contributed by atoms with Gasteiger partial charge in [-0.15, -0.1) is 0 Å². The number of ether oxygens (including phenoxy) is 1. The molecule has 2 aliphatic rings. The van der Waals surface area contributed by atoms with E-state index < -0.39 is 0 Å². The summed E-state index contributed by atoms with van der Waals surface area (Å²) in [7, 11) is 0. The zero-order valence-electron chi connectivity index (χ0n) is 14.6. The number of hydrogen-bond donors (Lipinski definition) is 0. The monoisotopic (exact) mass is 336 g/mol. The first-order valence-corrected chi connectivity index (χ1v) is 9.04.